The Kier molecular flexibility index (Phi) is 7.22. The SMILES string of the molecule is CC(C)C[C@@H](NC(=O)C(O)C1CCCN1C(=O)OC(C)(C)C)C(=O)O. The molecule has 1 fully saturated rings. The molecule has 0 aliphatic carbocycles. The summed E-state index contributed by atoms with van der Waals surface area (Å²) in [6, 6.07) is -1.79. The number of nitrogens with one attached hydrogen (secondary N) is 1. The van der Waals surface area contributed by atoms with Gasteiger partial charge in [-0.05, 0) is 46.0 Å². The number of rotatable bonds is 6. The molecule has 3 N–H and O–H groups in total. The number of nitrogens with zero attached hydrogens (tertiary/aromatic N) is 1. The summed E-state index contributed by atoms with van der Waals surface area (Å²) in [7, 11) is 0. The van der Waals surface area contributed by atoms with Crippen LogP contribution in [-0.4, -0.2) is 63.4 Å². The highest BCUT2D eigenvalue weighted by atomic mass is 16.6. The normalized spacial score (nSPS) is 20.3. The van der Waals surface area contributed by atoms with Crippen molar-refractivity contribution in [3.8, 4) is 0 Å². The minimum absolute atomic E-state index is 0.0725. The van der Waals surface area contributed by atoms with E-state index in [-0.39, 0.29) is 12.3 Å². The van der Waals surface area contributed by atoms with Crippen LogP contribution in [0.3, 0.4) is 0 Å². The number of ether oxygens (including phenoxy) is 1. The first-order valence-corrected chi connectivity index (χ1v) is 8.63. The summed E-state index contributed by atoms with van der Waals surface area (Å²) in [5.74, 6) is -1.86. The maximum atomic E-state index is 12.3. The molecule has 1 aliphatic rings. The maximum Gasteiger partial charge on any atom is 0.410 e. The molecule has 0 radical (unpaired) electrons. The Morgan fingerprint density at radius 1 is 1.28 bits per heavy atom. The van der Waals surface area contributed by atoms with Crippen molar-refractivity contribution in [1.82, 2.24) is 10.2 Å². The number of hydrogen-bond donors (Lipinski definition) is 3. The van der Waals surface area contributed by atoms with Gasteiger partial charge in [0.1, 0.15) is 11.6 Å². The first-order chi connectivity index (χ1) is 11.4. The lowest BCUT2D eigenvalue weighted by Crippen LogP contribution is -2.53. The van der Waals surface area contributed by atoms with Crippen LogP contribution in [0.2, 0.25) is 0 Å². The molecule has 0 spiro atoms. The van der Waals surface area contributed by atoms with Gasteiger partial charge < -0.3 is 25.2 Å². The number of carboxylic acid groups (broad SMARTS) is 1. The number of carboxylic acids is 1. The van der Waals surface area contributed by atoms with E-state index < -0.39 is 41.8 Å². The van der Waals surface area contributed by atoms with Crippen molar-refractivity contribution in [2.75, 3.05) is 6.54 Å². The molecule has 1 aliphatic heterocycles. The second kappa shape index (κ2) is 8.51. The van der Waals surface area contributed by atoms with Crippen LogP contribution >= 0.6 is 0 Å². The fourth-order valence-electron chi connectivity index (χ4n) is 2.79. The quantitative estimate of drug-likeness (QED) is 0.660. The highest BCUT2D eigenvalue weighted by Gasteiger charge is 2.40. The van der Waals surface area contributed by atoms with Gasteiger partial charge in [-0.3, -0.25) is 4.79 Å². The van der Waals surface area contributed by atoms with E-state index in [0.29, 0.717) is 19.4 Å². The van der Waals surface area contributed by atoms with Crippen LogP contribution in [0.15, 0.2) is 0 Å². The molecule has 0 bridgehead atoms. The highest BCUT2D eigenvalue weighted by Crippen LogP contribution is 2.23. The third kappa shape index (κ3) is 6.53. The van der Waals surface area contributed by atoms with Gasteiger partial charge in [0.25, 0.3) is 5.91 Å². The molecule has 2 unspecified atom stereocenters. The van der Waals surface area contributed by atoms with E-state index in [1.807, 2.05) is 13.8 Å². The van der Waals surface area contributed by atoms with Gasteiger partial charge in [0.05, 0.1) is 6.04 Å². The molecule has 0 aromatic heterocycles. The summed E-state index contributed by atoms with van der Waals surface area (Å²) in [5.41, 5.74) is -0.677. The largest absolute Gasteiger partial charge is 0.480 e. The number of amides is 2. The maximum absolute atomic E-state index is 12.3. The Hall–Kier alpha value is -1.83. The van der Waals surface area contributed by atoms with Crippen molar-refractivity contribution in [1.29, 1.82) is 0 Å². The van der Waals surface area contributed by atoms with Crippen LogP contribution in [0.1, 0.15) is 53.9 Å². The average molecular weight is 358 g/mol. The molecule has 3 atom stereocenters. The van der Waals surface area contributed by atoms with Crippen molar-refractivity contribution in [3.05, 3.63) is 0 Å². The van der Waals surface area contributed by atoms with Gasteiger partial charge >= 0.3 is 12.1 Å². The van der Waals surface area contributed by atoms with Gasteiger partial charge in [-0.2, -0.15) is 0 Å². The first-order valence-electron chi connectivity index (χ1n) is 8.63. The topological polar surface area (TPSA) is 116 Å². The smallest absolute Gasteiger partial charge is 0.410 e. The number of hydrogen-bond acceptors (Lipinski definition) is 5. The molecule has 0 aromatic rings. The molecule has 1 saturated heterocycles. The molecule has 1 heterocycles. The molecule has 1 rings (SSSR count). The summed E-state index contributed by atoms with van der Waals surface area (Å²) < 4.78 is 5.30. The molecule has 2 amide bonds. The van der Waals surface area contributed by atoms with Gasteiger partial charge in [0, 0.05) is 6.54 Å². The third-order valence-corrected chi connectivity index (χ3v) is 3.88. The highest BCUT2D eigenvalue weighted by molar-refractivity contribution is 5.87. The molecule has 0 saturated carbocycles. The van der Waals surface area contributed by atoms with Crippen molar-refractivity contribution >= 4 is 18.0 Å². The zero-order chi connectivity index (χ0) is 19.4. The van der Waals surface area contributed by atoms with E-state index in [4.69, 9.17) is 4.74 Å². The van der Waals surface area contributed by atoms with E-state index in [1.54, 1.807) is 20.8 Å². The van der Waals surface area contributed by atoms with E-state index in [9.17, 15) is 24.6 Å². The number of aliphatic carboxylic acids is 1. The van der Waals surface area contributed by atoms with E-state index in [1.165, 1.54) is 4.90 Å². The van der Waals surface area contributed by atoms with Gasteiger partial charge in [-0.1, -0.05) is 13.8 Å². The van der Waals surface area contributed by atoms with Crippen molar-refractivity contribution in [3.63, 3.8) is 0 Å². The zero-order valence-electron chi connectivity index (χ0n) is 15.6. The van der Waals surface area contributed by atoms with Crippen LogP contribution in [0, 0.1) is 5.92 Å². The molecule has 8 nitrogen and oxygen atoms in total. The number of carbonyl (C=O) groups is 3. The van der Waals surface area contributed by atoms with E-state index in [0.717, 1.165) is 0 Å². The number of likely N-dealkylation sites (tertiary alicyclic amines) is 1. The summed E-state index contributed by atoms with van der Waals surface area (Å²) in [4.78, 5) is 37.1. The lowest BCUT2D eigenvalue weighted by molar-refractivity contribution is -0.144. The van der Waals surface area contributed by atoms with Crippen LogP contribution in [0.25, 0.3) is 0 Å². The zero-order valence-corrected chi connectivity index (χ0v) is 15.6. The molecule has 8 heteroatoms. The Morgan fingerprint density at radius 2 is 1.88 bits per heavy atom. The average Bonchev–Trinajstić information content (AvgIpc) is 2.92. The predicted octanol–water partition coefficient (Wildman–Crippen LogP) is 1.36. The van der Waals surface area contributed by atoms with Crippen molar-refractivity contribution < 1.29 is 29.3 Å². The van der Waals surface area contributed by atoms with Crippen molar-refractivity contribution in [2.45, 2.75) is 77.7 Å². The Morgan fingerprint density at radius 3 is 2.36 bits per heavy atom. The molecular formula is C17H30N2O6. The van der Waals surface area contributed by atoms with Crippen LogP contribution in [0.5, 0.6) is 0 Å². The minimum Gasteiger partial charge on any atom is -0.480 e. The van der Waals surface area contributed by atoms with E-state index >= 15 is 0 Å². The molecular weight excluding hydrogens is 328 g/mol. The summed E-state index contributed by atoms with van der Waals surface area (Å²) in [6.45, 7) is 9.30. The minimum atomic E-state index is -1.50. The Labute approximate surface area is 148 Å². The van der Waals surface area contributed by atoms with Crippen LogP contribution in [-0.2, 0) is 14.3 Å². The second-order valence-electron chi connectivity index (χ2n) is 7.86. The molecule has 0 aromatic carbocycles. The first kappa shape index (κ1) is 21.2. The monoisotopic (exact) mass is 358 g/mol. The number of carbonyl (C=O) groups excluding carboxylic acids is 2. The summed E-state index contributed by atoms with van der Waals surface area (Å²) >= 11 is 0. The van der Waals surface area contributed by atoms with Crippen LogP contribution in [0.4, 0.5) is 4.79 Å². The predicted molar refractivity (Wildman–Crippen MR) is 91.0 cm³/mol. The summed E-state index contributed by atoms with van der Waals surface area (Å²) in [6.07, 6.45) is -0.727. The third-order valence-electron chi connectivity index (χ3n) is 3.88. The summed E-state index contributed by atoms with van der Waals surface area (Å²) in [5, 5.41) is 21.9. The van der Waals surface area contributed by atoms with Gasteiger partial charge in [0.2, 0.25) is 0 Å². The molecule has 25 heavy (non-hydrogen) atoms. The van der Waals surface area contributed by atoms with Gasteiger partial charge in [0.15, 0.2) is 6.10 Å². The fourth-order valence-corrected chi connectivity index (χ4v) is 2.79. The van der Waals surface area contributed by atoms with Crippen LogP contribution < -0.4 is 5.32 Å². The van der Waals surface area contributed by atoms with E-state index in [2.05, 4.69) is 5.32 Å². The van der Waals surface area contributed by atoms with Crippen molar-refractivity contribution in [2.24, 2.45) is 5.92 Å². The van der Waals surface area contributed by atoms with Gasteiger partial charge in [-0.15, -0.1) is 0 Å². The lowest BCUT2D eigenvalue weighted by Gasteiger charge is -2.31. The Bertz CT molecular complexity index is 500. The second-order valence-corrected chi connectivity index (χ2v) is 7.86. The lowest BCUT2D eigenvalue weighted by atomic mass is 10.0. The number of aliphatic hydroxyl groups is 1. The number of aliphatic hydroxyl groups excluding tert-OH is 1. The van der Waals surface area contributed by atoms with Gasteiger partial charge in [-0.25, -0.2) is 9.59 Å². The fraction of sp³-hybridized carbons (Fsp3) is 0.824. The Balaban J connectivity index is 2.75. The molecule has 144 valence electrons. The standard InChI is InChI=1S/C17H30N2O6/c1-10(2)9-11(15(22)23)18-14(21)13(20)12-7-6-8-19(12)16(24)25-17(3,4)5/h10-13,20H,6-9H2,1-5H3,(H,18,21)(H,22,23)/t11-,12?,13?/m1/s1.